The lowest BCUT2D eigenvalue weighted by Gasteiger charge is -2.32. The van der Waals surface area contributed by atoms with Crippen LogP contribution in [0.1, 0.15) is 45.4 Å². The molecule has 9 heteroatoms. The number of likely N-dealkylation sites (tertiary alicyclic amines) is 1. The third-order valence-corrected chi connectivity index (χ3v) is 5.19. The van der Waals surface area contributed by atoms with Gasteiger partial charge in [0, 0.05) is 24.4 Å². The van der Waals surface area contributed by atoms with Gasteiger partial charge < -0.3 is 14.4 Å². The Balaban J connectivity index is 2.09. The van der Waals surface area contributed by atoms with Gasteiger partial charge in [-0.2, -0.15) is 0 Å². The summed E-state index contributed by atoms with van der Waals surface area (Å²) in [7, 11) is 1.32. The first kappa shape index (κ1) is 20.8. The number of hydrogen-bond donors (Lipinski definition) is 0. The maximum absolute atomic E-state index is 12.9. The van der Waals surface area contributed by atoms with E-state index in [2.05, 4.69) is 10.0 Å². The number of carbonyl (C=O) groups is 3. The summed E-state index contributed by atoms with van der Waals surface area (Å²) in [4.78, 5) is 41.6. The molecule has 1 aliphatic heterocycles. The summed E-state index contributed by atoms with van der Waals surface area (Å²) < 4.78 is 10.3. The van der Waals surface area contributed by atoms with E-state index in [1.165, 1.54) is 7.11 Å². The van der Waals surface area contributed by atoms with Crippen LogP contribution in [0, 0.1) is 5.41 Å². The Morgan fingerprint density at radius 3 is 2.93 bits per heavy atom. The zero-order chi connectivity index (χ0) is 19.9. The topological polar surface area (TPSA) is 122 Å². The molecule has 1 fully saturated rings. The Morgan fingerprint density at radius 1 is 1.44 bits per heavy atom. The molecule has 148 valence electrons. The van der Waals surface area contributed by atoms with Crippen molar-refractivity contribution in [2.24, 2.45) is 10.5 Å². The minimum atomic E-state index is -1.33. The van der Waals surface area contributed by atoms with E-state index in [1.54, 1.807) is 11.0 Å². The van der Waals surface area contributed by atoms with E-state index in [9.17, 15) is 14.4 Å². The number of methoxy groups -OCH3 is 1. The molecule has 0 N–H and O–H groups in total. The van der Waals surface area contributed by atoms with Crippen LogP contribution in [0.2, 0.25) is 0 Å². The monoisotopic (exact) mass is 378 g/mol. The first-order chi connectivity index (χ1) is 12.9. The van der Waals surface area contributed by atoms with Gasteiger partial charge in [0.2, 0.25) is 0 Å². The molecule has 0 unspecified atom stereocenters. The van der Waals surface area contributed by atoms with Crippen LogP contribution >= 0.6 is 0 Å². The third-order valence-electron chi connectivity index (χ3n) is 5.19. The number of esters is 1. The van der Waals surface area contributed by atoms with Gasteiger partial charge in [-0.15, -0.1) is 0 Å². The van der Waals surface area contributed by atoms with Crippen molar-refractivity contribution < 1.29 is 23.9 Å². The van der Waals surface area contributed by atoms with E-state index < -0.39 is 17.5 Å². The summed E-state index contributed by atoms with van der Waals surface area (Å²) in [5.41, 5.74) is 8.05. The SMILES string of the molecule is COC(=O)N1CCC[C@H]1COC(=O)[C@]1(CCCN=[N+]=[N-])C=C(C)CCC1=O. The fourth-order valence-corrected chi connectivity index (χ4v) is 3.73. The number of rotatable bonds is 7. The van der Waals surface area contributed by atoms with Gasteiger partial charge in [-0.3, -0.25) is 9.59 Å². The molecule has 0 radical (unpaired) electrons. The summed E-state index contributed by atoms with van der Waals surface area (Å²) >= 11 is 0. The summed E-state index contributed by atoms with van der Waals surface area (Å²) in [5.74, 6) is -0.764. The molecule has 1 amide bonds. The lowest BCUT2D eigenvalue weighted by atomic mass is 9.72. The highest BCUT2D eigenvalue weighted by molar-refractivity contribution is 6.06. The van der Waals surface area contributed by atoms with Crippen molar-refractivity contribution in [1.29, 1.82) is 0 Å². The smallest absolute Gasteiger partial charge is 0.409 e. The molecule has 0 aromatic heterocycles. The maximum atomic E-state index is 12.9. The second-order valence-electron chi connectivity index (χ2n) is 7.00. The molecule has 9 nitrogen and oxygen atoms in total. The van der Waals surface area contributed by atoms with Gasteiger partial charge in [-0.25, -0.2) is 4.79 Å². The number of ether oxygens (including phenoxy) is 2. The maximum Gasteiger partial charge on any atom is 0.409 e. The minimum absolute atomic E-state index is 0.0339. The number of nitrogens with zero attached hydrogens (tertiary/aromatic N) is 4. The van der Waals surface area contributed by atoms with Crippen molar-refractivity contribution in [2.75, 3.05) is 26.8 Å². The molecule has 1 heterocycles. The Hall–Kier alpha value is -2.54. The number of carbonyl (C=O) groups excluding carboxylic acids is 3. The van der Waals surface area contributed by atoms with E-state index in [-0.39, 0.29) is 37.8 Å². The van der Waals surface area contributed by atoms with E-state index in [1.807, 2.05) is 6.92 Å². The number of ketones is 1. The van der Waals surface area contributed by atoms with Gasteiger partial charge in [-0.05, 0) is 44.6 Å². The molecule has 0 saturated carbocycles. The second-order valence-corrected chi connectivity index (χ2v) is 7.00. The molecular weight excluding hydrogens is 352 g/mol. The number of hydrogen-bond acceptors (Lipinski definition) is 6. The van der Waals surface area contributed by atoms with Crippen molar-refractivity contribution in [1.82, 2.24) is 4.90 Å². The van der Waals surface area contributed by atoms with E-state index in [0.717, 1.165) is 18.4 Å². The summed E-state index contributed by atoms with van der Waals surface area (Å²) in [5, 5.41) is 3.48. The van der Waals surface area contributed by atoms with E-state index in [4.69, 9.17) is 15.0 Å². The Bertz CT molecular complexity index is 671. The lowest BCUT2D eigenvalue weighted by molar-refractivity contribution is -0.159. The van der Waals surface area contributed by atoms with Crippen molar-refractivity contribution in [3.8, 4) is 0 Å². The van der Waals surface area contributed by atoms with Crippen LogP contribution < -0.4 is 0 Å². The molecule has 0 bridgehead atoms. The van der Waals surface area contributed by atoms with Crippen molar-refractivity contribution in [2.45, 2.75) is 51.5 Å². The first-order valence-electron chi connectivity index (χ1n) is 9.19. The van der Waals surface area contributed by atoms with E-state index in [0.29, 0.717) is 19.4 Å². The van der Waals surface area contributed by atoms with Gasteiger partial charge in [0.05, 0.1) is 13.2 Å². The summed E-state index contributed by atoms with van der Waals surface area (Å²) in [6, 6.07) is -0.245. The molecule has 1 saturated heterocycles. The van der Waals surface area contributed by atoms with Crippen LogP contribution in [0.4, 0.5) is 4.79 Å². The molecule has 1 aliphatic carbocycles. The van der Waals surface area contributed by atoms with Crippen LogP contribution in [-0.4, -0.2) is 55.6 Å². The molecule has 0 spiro atoms. The third kappa shape index (κ3) is 4.80. The van der Waals surface area contributed by atoms with Crippen molar-refractivity contribution in [3.05, 3.63) is 22.1 Å². The fourth-order valence-electron chi connectivity index (χ4n) is 3.73. The predicted octanol–water partition coefficient (Wildman–Crippen LogP) is 3.15. The van der Waals surface area contributed by atoms with Crippen molar-refractivity contribution >= 4 is 17.8 Å². The zero-order valence-corrected chi connectivity index (χ0v) is 15.8. The molecule has 2 rings (SSSR count). The van der Waals surface area contributed by atoms with Crippen LogP contribution in [-0.2, 0) is 19.1 Å². The standard InChI is InChI=1S/C18H26N4O5/c1-13-6-7-15(23)18(11-13,8-4-9-20-21-19)16(24)27-12-14-5-3-10-22(14)17(25)26-2/h11,14H,3-10,12H2,1-2H3/t14-,18+/m0/s1. The summed E-state index contributed by atoms with van der Waals surface area (Å²) in [6.07, 6.45) is 4.35. The van der Waals surface area contributed by atoms with Crippen LogP contribution in [0.5, 0.6) is 0 Å². The van der Waals surface area contributed by atoms with E-state index >= 15 is 0 Å². The van der Waals surface area contributed by atoms with Gasteiger partial charge in [-0.1, -0.05) is 16.8 Å². The van der Waals surface area contributed by atoms with Gasteiger partial charge in [0.15, 0.2) is 5.78 Å². The van der Waals surface area contributed by atoms with Gasteiger partial charge >= 0.3 is 12.1 Å². The Kier molecular flexibility index (Phi) is 7.24. The minimum Gasteiger partial charge on any atom is -0.463 e. The Morgan fingerprint density at radius 2 is 2.22 bits per heavy atom. The molecule has 2 atom stereocenters. The fraction of sp³-hybridized carbons (Fsp3) is 0.722. The highest BCUT2D eigenvalue weighted by Gasteiger charge is 2.46. The van der Waals surface area contributed by atoms with Gasteiger partial charge in [0.1, 0.15) is 12.0 Å². The van der Waals surface area contributed by atoms with Gasteiger partial charge in [0.25, 0.3) is 0 Å². The molecule has 0 aromatic carbocycles. The first-order valence-corrected chi connectivity index (χ1v) is 9.19. The average molecular weight is 378 g/mol. The van der Waals surface area contributed by atoms with Crippen LogP contribution in [0.3, 0.4) is 0 Å². The number of azide groups is 1. The largest absolute Gasteiger partial charge is 0.463 e. The quantitative estimate of drug-likeness (QED) is 0.128. The molecule has 27 heavy (non-hydrogen) atoms. The molecular formula is C18H26N4O5. The highest BCUT2D eigenvalue weighted by Crippen LogP contribution is 2.37. The summed E-state index contributed by atoms with van der Waals surface area (Å²) in [6.45, 7) is 2.69. The predicted molar refractivity (Wildman–Crippen MR) is 96.8 cm³/mol. The number of allylic oxidation sites excluding steroid dienone is 1. The number of Topliss-reactive ketones (excluding diaryl/α,β-unsaturated/α-hetero) is 1. The van der Waals surface area contributed by atoms with Crippen LogP contribution in [0.25, 0.3) is 10.4 Å². The van der Waals surface area contributed by atoms with Crippen LogP contribution in [0.15, 0.2) is 16.8 Å². The zero-order valence-electron chi connectivity index (χ0n) is 15.8. The lowest BCUT2D eigenvalue weighted by Crippen LogP contribution is -2.44. The highest BCUT2D eigenvalue weighted by atomic mass is 16.5. The Labute approximate surface area is 158 Å². The normalized spacial score (nSPS) is 24.8. The number of amides is 1. The molecule has 0 aromatic rings. The van der Waals surface area contributed by atoms with Crippen molar-refractivity contribution in [3.63, 3.8) is 0 Å². The average Bonchev–Trinajstić information content (AvgIpc) is 3.13. The molecule has 2 aliphatic rings. The second kappa shape index (κ2) is 9.41.